The smallest absolute Gasteiger partial charge is 0.319 e. The summed E-state index contributed by atoms with van der Waals surface area (Å²) < 4.78 is 14.9. The Kier molecular flexibility index (Phi) is 9.00. The molecular weight excluding hydrogens is 457 g/mol. The normalized spacial score (nSPS) is 18.2. The number of anilines is 1. The summed E-state index contributed by atoms with van der Waals surface area (Å²) in [5.74, 6) is 1.07. The summed E-state index contributed by atoms with van der Waals surface area (Å²) in [5.41, 5.74) is 2.74. The minimum absolute atomic E-state index is 0.179. The van der Waals surface area contributed by atoms with Gasteiger partial charge in [0.05, 0.1) is 0 Å². The van der Waals surface area contributed by atoms with Gasteiger partial charge in [0, 0.05) is 30.9 Å². The predicted molar refractivity (Wildman–Crippen MR) is 139 cm³/mol. The number of hydrogen-bond acceptors (Lipinski definition) is 5. The third-order valence-corrected chi connectivity index (χ3v) is 6.89. The third-order valence-electron chi connectivity index (χ3n) is 6.89. The van der Waals surface area contributed by atoms with Gasteiger partial charge >= 0.3 is 6.03 Å². The summed E-state index contributed by atoms with van der Waals surface area (Å²) in [6.45, 7) is 5.07. The molecule has 0 bridgehead atoms. The highest BCUT2D eigenvalue weighted by Crippen LogP contribution is 2.29. The first-order valence-corrected chi connectivity index (χ1v) is 12.9. The molecule has 2 N–H and O–H groups in total. The average molecular weight is 494 g/mol. The maximum Gasteiger partial charge on any atom is 0.319 e. The van der Waals surface area contributed by atoms with Gasteiger partial charge in [0.15, 0.2) is 5.82 Å². The van der Waals surface area contributed by atoms with Gasteiger partial charge in [-0.15, -0.1) is 5.10 Å². The molecule has 0 aliphatic carbocycles. The van der Waals surface area contributed by atoms with E-state index in [1.165, 1.54) is 12.0 Å². The Morgan fingerprint density at radius 1 is 1.19 bits per heavy atom. The Morgan fingerprint density at radius 2 is 2.03 bits per heavy atom. The molecule has 3 aromatic rings. The van der Waals surface area contributed by atoms with Gasteiger partial charge in [-0.3, -0.25) is 0 Å². The molecule has 2 amide bonds. The molecule has 1 aliphatic heterocycles. The second kappa shape index (κ2) is 12.6. The molecule has 1 fully saturated rings. The molecule has 0 radical (unpaired) electrons. The standard InChI is InChI=1S/C27H36FN7O/c1-3-15-35-16-13-21(17-20-9-11-23(28)12-10-20)18-25(35)8-5-14-29-27(36)30-24-7-4-6-22(19-24)26-31-32-33-34(26)2/h4,6-7,9-12,19,21,25H,3,5,8,13-18H2,1-2H3,(H2,29,30,36)/t21-,25-/m0/s1. The molecule has 1 aromatic heterocycles. The number of nitrogens with zero attached hydrogens (tertiary/aromatic N) is 5. The fraction of sp³-hybridized carbons (Fsp3) is 0.481. The number of aromatic nitrogens is 4. The van der Waals surface area contributed by atoms with Crippen LogP contribution in [0.4, 0.5) is 14.9 Å². The molecule has 1 saturated heterocycles. The van der Waals surface area contributed by atoms with Gasteiger partial charge in [0.25, 0.3) is 0 Å². The van der Waals surface area contributed by atoms with Crippen LogP contribution in [0.1, 0.15) is 44.6 Å². The van der Waals surface area contributed by atoms with Gasteiger partial charge in [-0.25, -0.2) is 13.9 Å². The first-order valence-electron chi connectivity index (χ1n) is 12.9. The lowest BCUT2D eigenvalue weighted by molar-refractivity contribution is 0.104. The number of nitrogens with one attached hydrogen (secondary N) is 2. The lowest BCUT2D eigenvalue weighted by Crippen LogP contribution is -2.43. The van der Waals surface area contributed by atoms with E-state index in [0.717, 1.165) is 50.8 Å². The van der Waals surface area contributed by atoms with Crippen molar-refractivity contribution in [2.45, 2.75) is 51.5 Å². The number of hydrogen-bond donors (Lipinski definition) is 2. The van der Waals surface area contributed by atoms with Crippen LogP contribution in [0, 0.1) is 11.7 Å². The van der Waals surface area contributed by atoms with E-state index in [4.69, 9.17) is 0 Å². The van der Waals surface area contributed by atoms with Crippen LogP contribution in [0.25, 0.3) is 11.4 Å². The van der Waals surface area contributed by atoms with E-state index in [2.05, 4.69) is 38.0 Å². The van der Waals surface area contributed by atoms with Crippen molar-refractivity contribution in [3.63, 3.8) is 0 Å². The van der Waals surface area contributed by atoms with Crippen molar-refractivity contribution in [2.24, 2.45) is 13.0 Å². The van der Waals surface area contributed by atoms with Crippen molar-refractivity contribution in [3.05, 3.63) is 59.9 Å². The Morgan fingerprint density at radius 3 is 2.78 bits per heavy atom. The number of rotatable bonds is 10. The van der Waals surface area contributed by atoms with Gasteiger partial charge in [0.1, 0.15) is 5.82 Å². The van der Waals surface area contributed by atoms with Gasteiger partial charge in [-0.2, -0.15) is 0 Å². The Hall–Kier alpha value is -3.33. The minimum Gasteiger partial charge on any atom is -0.338 e. The van der Waals surface area contributed by atoms with Crippen LogP contribution in [-0.2, 0) is 13.5 Å². The number of carbonyl (C=O) groups excluding carboxylic acids is 1. The fourth-order valence-corrected chi connectivity index (χ4v) is 5.13. The topological polar surface area (TPSA) is 88.0 Å². The molecule has 2 aromatic carbocycles. The number of aryl methyl sites for hydroxylation is 1. The second-order valence-electron chi connectivity index (χ2n) is 9.64. The monoisotopic (exact) mass is 493 g/mol. The lowest BCUT2D eigenvalue weighted by Gasteiger charge is -2.40. The number of halogens is 1. The first-order chi connectivity index (χ1) is 17.5. The highest BCUT2D eigenvalue weighted by molar-refractivity contribution is 5.89. The van der Waals surface area contributed by atoms with Crippen LogP contribution in [0.5, 0.6) is 0 Å². The Bertz CT molecular complexity index is 1120. The van der Waals surface area contributed by atoms with E-state index >= 15 is 0 Å². The van der Waals surface area contributed by atoms with E-state index in [9.17, 15) is 9.18 Å². The van der Waals surface area contributed by atoms with Crippen LogP contribution >= 0.6 is 0 Å². The zero-order valence-corrected chi connectivity index (χ0v) is 21.2. The summed E-state index contributed by atoms with van der Waals surface area (Å²) >= 11 is 0. The van der Waals surface area contributed by atoms with E-state index in [1.54, 1.807) is 23.9 Å². The molecule has 0 saturated carbocycles. The molecule has 8 nitrogen and oxygen atoms in total. The summed E-state index contributed by atoms with van der Waals surface area (Å²) in [5, 5.41) is 17.4. The number of carbonyl (C=O) groups is 1. The lowest BCUT2D eigenvalue weighted by atomic mass is 9.84. The minimum atomic E-state index is -0.216. The molecule has 1 aliphatic rings. The summed E-state index contributed by atoms with van der Waals surface area (Å²) in [6, 6.07) is 14.7. The summed E-state index contributed by atoms with van der Waals surface area (Å²) in [4.78, 5) is 15.1. The maximum atomic E-state index is 13.3. The van der Waals surface area contributed by atoms with Crippen LogP contribution in [-0.4, -0.2) is 56.8 Å². The molecule has 2 atom stereocenters. The number of urea groups is 1. The highest BCUT2D eigenvalue weighted by Gasteiger charge is 2.27. The average Bonchev–Trinajstić information content (AvgIpc) is 3.31. The molecule has 0 unspecified atom stereocenters. The van der Waals surface area contributed by atoms with E-state index < -0.39 is 0 Å². The maximum absolute atomic E-state index is 13.3. The molecule has 2 heterocycles. The quantitative estimate of drug-likeness (QED) is 0.402. The van der Waals surface area contributed by atoms with Gasteiger partial charge in [-0.1, -0.05) is 31.2 Å². The zero-order valence-electron chi connectivity index (χ0n) is 21.2. The van der Waals surface area contributed by atoms with Crippen LogP contribution in [0.15, 0.2) is 48.5 Å². The predicted octanol–water partition coefficient (Wildman–Crippen LogP) is 4.65. The van der Waals surface area contributed by atoms with Gasteiger partial charge < -0.3 is 15.5 Å². The number of benzene rings is 2. The summed E-state index contributed by atoms with van der Waals surface area (Å²) in [7, 11) is 1.78. The SMILES string of the molecule is CCCN1CC[C@@H](Cc2ccc(F)cc2)C[C@@H]1CCCNC(=O)Nc1cccc(-c2nnnn2C)c1. The van der Waals surface area contributed by atoms with Crippen molar-refractivity contribution in [1.82, 2.24) is 30.4 Å². The molecule has 9 heteroatoms. The Labute approximate surface area is 212 Å². The van der Waals surface area contributed by atoms with E-state index in [-0.39, 0.29) is 11.8 Å². The van der Waals surface area contributed by atoms with Gasteiger partial charge in [-0.05, 0) is 97.8 Å². The third kappa shape index (κ3) is 7.10. The van der Waals surface area contributed by atoms with Crippen molar-refractivity contribution >= 4 is 11.7 Å². The van der Waals surface area contributed by atoms with E-state index in [1.807, 2.05) is 36.4 Å². The van der Waals surface area contributed by atoms with Crippen LogP contribution in [0.2, 0.25) is 0 Å². The second-order valence-corrected chi connectivity index (χ2v) is 9.64. The molecule has 4 rings (SSSR count). The number of piperidine rings is 1. The van der Waals surface area contributed by atoms with Crippen molar-refractivity contribution in [3.8, 4) is 11.4 Å². The summed E-state index contributed by atoms with van der Waals surface area (Å²) in [6.07, 6.45) is 6.44. The van der Waals surface area contributed by atoms with Crippen molar-refractivity contribution in [1.29, 1.82) is 0 Å². The number of tetrazole rings is 1. The fourth-order valence-electron chi connectivity index (χ4n) is 5.13. The number of amides is 2. The first kappa shape index (κ1) is 25.8. The zero-order chi connectivity index (χ0) is 25.3. The van der Waals surface area contributed by atoms with Crippen LogP contribution in [0.3, 0.4) is 0 Å². The largest absolute Gasteiger partial charge is 0.338 e. The molecule has 36 heavy (non-hydrogen) atoms. The van der Waals surface area contributed by atoms with Crippen LogP contribution < -0.4 is 10.6 Å². The van der Waals surface area contributed by atoms with Gasteiger partial charge in [0.2, 0.25) is 0 Å². The number of likely N-dealkylation sites (tertiary alicyclic amines) is 1. The van der Waals surface area contributed by atoms with E-state index in [0.29, 0.717) is 30.0 Å². The molecular formula is C27H36FN7O. The van der Waals surface area contributed by atoms with Crippen molar-refractivity contribution in [2.75, 3.05) is 25.0 Å². The highest BCUT2D eigenvalue weighted by atomic mass is 19.1. The van der Waals surface area contributed by atoms with Crippen molar-refractivity contribution < 1.29 is 9.18 Å². The Balaban J connectivity index is 1.24. The molecule has 192 valence electrons. The molecule has 0 spiro atoms.